The summed E-state index contributed by atoms with van der Waals surface area (Å²) >= 11 is 12.0. The summed E-state index contributed by atoms with van der Waals surface area (Å²) in [4.78, 5) is 19.9. The number of hydrogen-bond donors (Lipinski definition) is 1. The van der Waals surface area contributed by atoms with E-state index in [1.807, 2.05) is 6.07 Å². The molecule has 0 saturated heterocycles. The van der Waals surface area contributed by atoms with E-state index in [0.717, 1.165) is 5.56 Å². The lowest BCUT2D eigenvalue weighted by atomic mass is 10.2. The van der Waals surface area contributed by atoms with Gasteiger partial charge in [-0.15, -0.1) is 0 Å². The van der Waals surface area contributed by atoms with Crippen LogP contribution in [-0.2, 0) is 11.3 Å². The molecular weight excluding hydrogens is 313 g/mol. The van der Waals surface area contributed by atoms with E-state index in [1.165, 1.54) is 13.3 Å². The highest BCUT2D eigenvalue weighted by molar-refractivity contribution is 6.35. The number of benzene rings is 1. The predicted octanol–water partition coefficient (Wildman–Crippen LogP) is 3.49. The first-order valence-electron chi connectivity index (χ1n) is 6.11. The highest BCUT2D eigenvalue weighted by Crippen LogP contribution is 2.22. The lowest BCUT2D eigenvalue weighted by molar-refractivity contribution is 0.0601. The number of methoxy groups -OCH3 is 1. The molecule has 0 fully saturated rings. The van der Waals surface area contributed by atoms with Crippen molar-refractivity contribution in [3.05, 3.63) is 51.4 Å². The maximum Gasteiger partial charge on any atom is 0.343 e. The number of ether oxygens (including phenoxy) is 1. The Morgan fingerprint density at radius 3 is 2.81 bits per heavy atom. The normalized spacial score (nSPS) is 10.3. The Hall–Kier alpha value is -1.85. The van der Waals surface area contributed by atoms with E-state index in [1.54, 1.807) is 19.1 Å². The SMILES string of the molecule is COC(=O)c1cnc(C)nc1NCc1ccc(Cl)cc1Cl. The van der Waals surface area contributed by atoms with Crippen molar-refractivity contribution in [2.45, 2.75) is 13.5 Å². The van der Waals surface area contributed by atoms with Crippen LogP contribution in [-0.4, -0.2) is 23.0 Å². The molecular formula is C14H13Cl2N3O2. The van der Waals surface area contributed by atoms with Crippen molar-refractivity contribution in [2.75, 3.05) is 12.4 Å². The van der Waals surface area contributed by atoms with Crippen LogP contribution in [0.2, 0.25) is 10.0 Å². The Morgan fingerprint density at radius 2 is 2.14 bits per heavy atom. The fraction of sp³-hybridized carbons (Fsp3) is 0.214. The number of nitrogens with one attached hydrogen (secondary N) is 1. The van der Waals surface area contributed by atoms with Crippen molar-refractivity contribution in [1.29, 1.82) is 0 Å². The zero-order valence-corrected chi connectivity index (χ0v) is 13.0. The summed E-state index contributed by atoms with van der Waals surface area (Å²) in [7, 11) is 1.31. The third-order valence-electron chi connectivity index (χ3n) is 2.78. The predicted molar refractivity (Wildman–Crippen MR) is 81.9 cm³/mol. The first kappa shape index (κ1) is 15.5. The largest absolute Gasteiger partial charge is 0.465 e. The van der Waals surface area contributed by atoms with Gasteiger partial charge in [0.05, 0.1) is 7.11 Å². The fourth-order valence-electron chi connectivity index (χ4n) is 1.71. The van der Waals surface area contributed by atoms with Gasteiger partial charge >= 0.3 is 5.97 Å². The molecule has 0 radical (unpaired) electrons. The third-order valence-corrected chi connectivity index (χ3v) is 3.36. The van der Waals surface area contributed by atoms with Crippen LogP contribution < -0.4 is 5.32 Å². The Bertz CT molecular complexity index is 677. The number of nitrogens with zero attached hydrogens (tertiary/aromatic N) is 2. The number of aryl methyl sites for hydroxylation is 1. The molecule has 7 heteroatoms. The van der Waals surface area contributed by atoms with Gasteiger partial charge in [0.1, 0.15) is 17.2 Å². The molecule has 0 spiro atoms. The van der Waals surface area contributed by atoms with E-state index in [9.17, 15) is 4.79 Å². The van der Waals surface area contributed by atoms with Crippen LogP contribution in [0.3, 0.4) is 0 Å². The molecule has 2 rings (SSSR count). The summed E-state index contributed by atoms with van der Waals surface area (Å²) in [6.45, 7) is 2.14. The van der Waals surface area contributed by atoms with Crippen molar-refractivity contribution in [1.82, 2.24) is 9.97 Å². The Kier molecular flexibility index (Phi) is 4.98. The van der Waals surface area contributed by atoms with E-state index in [0.29, 0.717) is 28.2 Å². The maximum atomic E-state index is 11.7. The van der Waals surface area contributed by atoms with E-state index in [-0.39, 0.29) is 5.56 Å². The van der Waals surface area contributed by atoms with Gasteiger partial charge in [0, 0.05) is 22.8 Å². The zero-order chi connectivity index (χ0) is 15.4. The van der Waals surface area contributed by atoms with Gasteiger partial charge in [0.15, 0.2) is 0 Å². The third kappa shape index (κ3) is 3.83. The molecule has 0 aliphatic rings. The molecule has 0 atom stereocenters. The number of carbonyl (C=O) groups excluding carboxylic acids is 1. The van der Waals surface area contributed by atoms with E-state index in [2.05, 4.69) is 15.3 Å². The summed E-state index contributed by atoms with van der Waals surface area (Å²) in [5.41, 5.74) is 1.11. The zero-order valence-electron chi connectivity index (χ0n) is 11.5. The van der Waals surface area contributed by atoms with Crippen LogP contribution in [0.5, 0.6) is 0 Å². The number of aromatic nitrogens is 2. The molecule has 0 amide bonds. The van der Waals surface area contributed by atoms with Gasteiger partial charge in [0.2, 0.25) is 0 Å². The van der Waals surface area contributed by atoms with Crippen LogP contribution in [0.1, 0.15) is 21.7 Å². The Morgan fingerprint density at radius 1 is 1.38 bits per heavy atom. The lowest BCUT2D eigenvalue weighted by Gasteiger charge is -2.11. The maximum absolute atomic E-state index is 11.7. The Labute approximate surface area is 132 Å². The average molecular weight is 326 g/mol. The van der Waals surface area contributed by atoms with Gasteiger partial charge in [-0.3, -0.25) is 0 Å². The van der Waals surface area contributed by atoms with Gasteiger partial charge in [0.25, 0.3) is 0 Å². The number of hydrogen-bond acceptors (Lipinski definition) is 5. The van der Waals surface area contributed by atoms with E-state index >= 15 is 0 Å². The summed E-state index contributed by atoms with van der Waals surface area (Å²) in [5.74, 6) is 0.451. The number of carbonyl (C=O) groups is 1. The summed E-state index contributed by atoms with van der Waals surface area (Å²) in [6.07, 6.45) is 1.43. The minimum Gasteiger partial charge on any atom is -0.465 e. The van der Waals surface area contributed by atoms with Gasteiger partial charge in [-0.25, -0.2) is 14.8 Å². The van der Waals surface area contributed by atoms with Crippen LogP contribution >= 0.6 is 23.2 Å². The molecule has 2 aromatic rings. The smallest absolute Gasteiger partial charge is 0.343 e. The summed E-state index contributed by atoms with van der Waals surface area (Å²) in [5, 5.41) is 4.18. The number of esters is 1. The number of rotatable bonds is 4. The second-order valence-corrected chi connectivity index (χ2v) is 5.10. The molecule has 5 nitrogen and oxygen atoms in total. The molecule has 0 aliphatic carbocycles. The second kappa shape index (κ2) is 6.74. The van der Waals surface area contributed by atoms with Gasteiger partial charge < -0.3 is 10.1 Å². The average Bonchev–Trinajstić information content (AvgIpc) is 2.45. The van der Waals surface area contributed by atoms with E-state index < -0.39 is 5.97 Å². The van der Waals surface area contributed by atoms with Crippen LogP contribution in [0, 0.1) is 6.92 Å². The molecule has 110 valence electrons. The molecule has 1 aromatic carbocycles. The second-order valence-electron chi connectivity index (χ2n) is 4.26. The highest BCUT2D eigenvalue weighted by atomic mass is 35.5. The topological polar surface area (TPSA) is 64.1 Å². The summed E-state index contributed by atoms with van der Waals surface area (Å²) < 4.78 is 4.71. The fourth-order valence-corrected chi connectivity index (χ4v) is 2.18. The first-order chi connectivity index (χ1) is 10.0. The molecule has 21 heavy (non-hydrogen) atoms. The molecule has 0 saturated carbocycles. The minimum atomic E-state index is -0.500. The van der Waals surface area contributed by atoms with Crippen molar-refractivity contribution in [2.24, 2.45) is 0 Å². The molecule has 0 aliphatic heterocycles. The van der Waals surface area contributed by atoms with Crippen LogP contribution in [0.15, 0.2) is 24.4 Å². The molecule has 1 heterocycles. The van der Waals surface area contributed by atoms with Gasteiger partial charge in [-0.2, -0.15) is 0 Å². The standard InChI is InChI=1S/C14H13Cl2N3O2/c1-8-17-7-11(14(20)21-2)13(19-8)18-6-9-3-4-10(15)5-12(9)16/h3-5,7H,6H2,1-2H3,(H,17,18,19). The monoisotopic (exact) mass is 325 g/mol. The Balaban J connectivity index is 2.23. The van der Waals surface area contributed by atoms with E-state index in [4.69, 9.17) is 27.9 Å². The van der Waals surface area contributed by atoms with Gasteiger partial charge in [-0.1, -0.05) is 29.3 Å². The van der Waals surface area contributed by atoms with Gasteiger partial charge in [-0.05, 0) is 24.6 Å². The van der Waals surface area contributed by atoms with Crippen LogP contribution in [0.25, 0.3) is 0 Å². The van der Waals surface area contributed by atoms with Crippen molar-refractivity contribution in [3.63, 3.8) is 0 Å². The lowest BCUT2D eigenvalue weighted by Crippen LogP contribution is -2.12. The summed E-state index contributed by atoms with van der Waals surface area (Å²) in [6, 6.07) is 5.22. The number of halogens is 2. The van der Waals surface area contributed by atoms with Crippen molar-refractivity contribution >= 4 is 35.0 Å². The van der Waals surface area contributed by atoms with Crippen molar-refractivity contribution in [3.8, 4) is 0 Å². The highest BCUT2D eigenvalue weighted by Gasteiger charge is 2.14. The molecule has 0 bridgehead atoms. The molecule has 0 unspecified atom stereocenters. The molecule has 1 aromatic heterocycles. The first-order valence-corrected chi connectivity index (χ1v) is 6.86. The number of anilines is 1. The van der Waals surface area contributed by atoms with Crippen LogP contribution in [0.4, 0.5) is 5.82 Å². The minimum absolute atomic E-state index is 0.271. The molecule has 1 N–H and O–H groups in total. The quantitative estimate of drug-likeness (QED) is 0.872. The van der Waals surface area contributed by atoms with Crippen molar-refractivity contribution < 1.29 is 9.53 Å².